The molecule has 0 aliphatic carbocycles. The highest BCUT2D eigenvalue weighted by atomic mass is 16.2. The molecule has 12 heavy (non-hydrogen) atoms. The van der Waals surface area contributed by atoms with Gasteiger partial charge in [-0.15, -0.1) is 0 Å². The molecule has 3 nitrogen and oxygen atoms in total. The molecule has 0 radical (unpaired) electrons. The van der Waals surface area contributed by atoms with Crippen LogP contribution in [0.25, 0.3) is 0 Å². The third kappa shape index (κ3) is 2.26. The van der Waals surface area contributed by atoms with E-state index in [1.165, 1.54) is 0 Å². The summed E-state index contributed by atoms with van der Waals surface area (Å²) in [4.78, 5) is 15.1. The molecule has 1 heterocycles. The van der Waals surface area contributed by atoms with Crippen molar-refractivity contribution in [2.45, 2.75) is 13.8 Å². The SMILES string of the molecule is C/C=C/N1CCN(C(C)=O)CC1. The number of carbonyl (C=O) groups is 1. The molecular weight excluding hydrogens is 152 g/mol. The normalized spacial score (nSPS) is 18.8. The summed E-state index contributed by atoms with van der Waals surface area (Å²) < 4.78 is 0. The number of carbonyl (C=O) groups excluding carboxylic acids is 1. The van der Waals surface area contributed by atoms with Gasteiger partial charge in [-0.25, -0.2) is 0 Å². The molecule has 3 heteroatoms. The fourth-order valence-corrected chi connectivity index (χ4v) is 1.40. The van der Waals surface area contributed by atoms with Gasteiger partial charge in [0.1, 0.15) is 0 Å². The zero-order valence-corrected chi connectivity index (χ0v) is 7.79. The molecular formula is C9H16N2O. The second-order valence-corrected chi connectivity index (χ2v) is 3.02. The Bertz CT molecular complexity index is 181. The lowest BCUT2D eigenvalue weighted by molar-refractivity contribution is -0.130. The van der Waals surface area contributed by atoms with Crippen molar-refractivity contribution in [2.75, 3.05) is 26.2 Å². The van der Waals surface area contributed by atoms with Crippen molar-refractivity contribution >= 4 is 5.91 Å². The highest BCUT2D eigenvalue weighted by molar-refractivity contribution is 5.73. The van der Waals surface area contributed by atoms with E-state index in [-0.39, 0.29) is 5.91 Å². The molecule has 1 fully saturated rings. The van der Waals surface area contributed by atoms with Gasteiger partial charge in [0.25, 0.3) is 0 Å². The minimum Gasteiger partial charge on any atom is -0.374 e. The Labute approximate surface area is 73.6 Å². The highest BCUT2D eigenvalue weighted by Gasteiger charge is 2.15. The summed E-state index contributed by atoms with van der Waals surface area (Å²) in [5.41, 5.74) is 0. The first-order chi connectivity index (χ1) is 5.74. The van der Waals surface area contributed by atoms with Gasteiger partial charge in [0.2, 0.25) is 5.91 Å². The molecule has 0 aromatic carbocycles. The third-order valence-corrected chi connectivity index (χ3v) is 2.12. The van der Waals surface area contributed by atoms with Crippen LogP contribution in [0.2, 0.25) is 0 Å². The summed E-state index contributed by atoms with van der Waals surface area (Å²) in [6, 6.07) is 0. The van der Waals surface area contributed by atoms with Gasteiger partial charge in [-0.3, -0.25) is 4.79 Å². The number of hydrogen-bond donors (Lipinski definition) is 0. The van der Waals surface area contributed by atoms with Crippen molar-refractivity contribution in [3.63, 3.8) is 0 Å². The van der Waals surface area contributed by atoms with Gasteiger partial charge in [0.05, 0.1) is 0 Å². The van der Waals surface area contributed by atoms with Gasteiger partial charge in [0, 0.05) is 33.1 Å². The number of allylic oxidation sites excluding steroid dienone is 1. The number of amides is 1. The van der Waals surface area contributed by atoms with E-state index < -0.39 is 0 Å². The van der Waals surface area contributed by atoms with Crippen LogP contribution in [0, 0.1) is 0 Å². The van der Waals surface area contributed by atoms with Crippen molar-refractivity contribution < 1.29 is 4.79 Å². The quantitative estimate of drug-likeness (QED) is 0.575. The number of nitrogens with zero attached hydrogens (tertiary/aromatic N) is 2. The lowest BCUT2D eigenvalue weighted by atomic mass is 10.3. The summed E-state index contributed by atoms with van der Waals surface area (Å²) in [5, 5.41) is 0. The molecule has 0 spiro atoms. The van der Waals surface area contributed by atoms with Crippen LogP contribution in [0.5, 0.6) is 0 Å². The summed E-state index contributed by atoms with van der Waals surface area (Å²) in [6.45, 7) is 7.29. The maximum atomic E-state index is 11.0. The van der Waals surface area contributed by atoms with Crippen molar-refractivity contribution in [3.8, 4) is 0 Å². The minimum atomic E-state index is 0.190. The molecule has 0 saturated carbocycles. The maximum absolute atomic E-state index is 11.0. The summed E-state index contributed by atoms with van der Waals surface area (Å²) in [5.74, 6) is 0.190. The molecule has 1 aliphatic rings. The second kappa shape index (κ2) is 4.14. The average Bonchev–Trinajstić information content (AvgIpc) is 2.06. The van der Waals surface area contributed by atoms with E-state index in [9.17, 15) is 4.79 Å². The van der Waals surface area contributed by atoms with Crippen molar-refractivity contribution in [2.24, 2.45) is 0 Å². The topological polar surface area (TPSA) is 23.6 Å². The van der Waals surface area contributed by atoms with E-state index in [4.69, 9.17) is 0 Å². The van der Waals surface area contributed by atoms with Crippen LogP contribution in [0.15, 0.2) is 12.3 Å². The Kier molecular flexibility index (Phi) is 3.14. The maximum Gasteiger partial charge on any atom is 0.219 e. The third-order valence-electron chi connectivity index (χ3n) is 2.12. The van der Waals surface area contributed by atoms with Crippen LogP contribution in [-0.2, 0) is 4.79 Å². The van der Waals surface area contributed by atoms with Crippen LogP contribution >= 0.6 is 0 Å². The van der Waals surface area contributed by atoms with Gasteiger partial charge < -0.3 is 9.80 Å². The molecule has 68 valence electrons. The molecule has 0 atom stereocenters. The van der Waals surface area contributed by atoms with Gasteiger partial charge >= 0.3 is 0 Å². The molecule has 0 bridgehead atoms. The zero-order chi connectivity index (χ0) is 8.97. The fourth-order valence-electron chi connectivity index (χ4n) is 1.40. The number of hydrogen-bond acceptors (Lipinski definition) is 2. The molecule has 1 saturated heterocycles. The Hall–Kier alpha value is -0.990. The largest absolute Gasteiger partial charge is 0.374 e. The predicted molar refractivity (Wildman–Crippen MR) is 48.6 cm³/mol. The summed E-state index contributed by atoms with van der Waals surface area (Å²) in [7, 11) is 0. The number of piperazine rings is 1. The Morgan fingerprint density at radius 3 is 2.25 bits per heavy atom. The fraction of sp³-hybridized carbons (Fsp3) is 0.667. The van der Waals surface area contributed by atoms with Crippen molar-refractivity contribution in [1.82, 2.24) is 9.80 Å². The summed E-state index contributed by atoms with van der Waals surface area (Å²) >= 11 is 0. The first kappa shape index (κ1) is 9.10. The van der Waals surface area contributed by atoms with Crippen molar-refractivity contribution in [1.29, 1.82) is 0 Å². The van der Waals surface area contributed by atoms with Gasteiger partial charge in [0.15, 0.2) is 0 Å². The van der Waals surface area contributed by atoms with Crippen LogP contribution in [0.4, 0.5) is 0 Å². The van der Waals surface area contributed by atoms with Gasteiger partial charge in [-0.05, 0) is 13.1 Å². The lowest BCUT2D eigenvalue weighted by Gasteiger charge is -2.33. The average molecular weight is 168 g/mol. The van der Waals surface area contributed by atoms with E-state index in [1.54, 1.807) is 6.92 Å². The molecule has 1 rings (SSSR count). The van der Waals surface area contributed by atoms with Gasteiger partial charge in [-0.2, -0.15) is 0 Å². The smallest absolute Gasteiger partial charge is 0.219 e. The zero-order valence-electron chi connectivity index (χ0n) is 7.79. The Morgan fingerprint density at radius 2 is 1.83 bits per heavy atom. The van der Waals surface area contributed by atoms with Crippen LogP contribution < -0.4 is 0 Å². The molecule has 1 amide bonds. The van der Waals surface area contributed by atoms with Crippen LogP contribution in [0.3, 0.4) is 0 Å². The van der Waals surface area contributed by atoms with E-state index in [1.807, 2.05) is 17.9 Å². The van der Waals surface area contributed by atoms with E-state index in [0.717, 1.165) is 26.2 Å². The second-order valence-electron chi connectivity index (χ2n) is 3.02. The predicted octanol–water partition coefficient (Wildman–Crippen LogP) is 0.684. The first-order valence-corrected chi connectivity index (χ1v) is 4.36. The monoisotopic (exact) mass is 168 g/mol. The molecule has 0 N–H and O–H groups in total. The van der Waals surface area contributed by atoms with E-state index in [2.05, 4.69) is 11.1 Å². The van der Waals surface area contributed by atoms with E-state index >= 15 is 0 Å². The molecule has 0 aromatic heterocycles. The van der Waals surface area contributed by atoms with Crippen molar-refractivity contribution in [3.05, 3.63) is 12.3 Å². The van der Waals surface area contributed by atoms with E-state index in [0.29, 0.717) is 0 Å². The van der Waals surface area contributed by atoms with Crippen LogP contribution in [-0.4, -0.2) is 41.9 Å². The molecule has 1 aliphatic heterocycles. The molecule has 0 aromatic rings. The highest BCUT2D eigenvalue weighted by Crippen LogP contribution is 2.01. The molecule has 0 unspecified atom stereocenters. The standard InChI is InChI=1S/C9H16N2O/c1-3-4-10-5-7-11(8-6-10)9(2)12/h3-4H,5-8H2,1-2H3/b4-3+. The Balaban J connectivity index is 2.34. The van der Waals surface area contributed by atoms with Gasteiger partial charge in [-0.1, -0.05) is 6.08 Å². The summed E-state index contributed by atoms with van der Waals surface area (Å²) in [6.07, 6.45) is 4.11. The lowest BCUT2D eigenvalue weighted by Crippen LogP contribution is -2.45. The van der Waals surface area contributed by atoms with Crippen LogP contribution in [0.1, 0.15) is 13.8 Å². The minimum absolute atomic E-state index is 0.190. The number of rotatable bonds is 1. The first-order valence-electron chi connectivity index (χ1n) is 4.36. The Morgan fingerprint density at radius 1 is 1.25 bits per heavy atom.